The third-order valence-corrected chi connectivity index (χ3v) is 6.23. The van der Waals surface area contributed by atoms with Gasteiger partial charge in [0.1, 0.15) is 0 Å². The molecule has 0 aliphatic carbocycles. The Bertz CT molecular complexity index is 1130. The number of hydrogen-bond donors (Lipinski definition) is 2. The van der Waals surface area contributed by atoms with Gasteiger partial charge in [-0.15, -0.1) is 0 Å². The summed E-state index contributed by atoms with van der Waals surface area (Å²) in [5.41, 5.74) is 5.59. The van der Waals surface area contributed by atoms with Gasteiger partial charge in [-0.3, -0.25) is 4.98 Å². The second-order valence-corrected chi connectivity index (χ2v) is 8.13. The van der Waals surface area contributed by atoms with E-state index in [-0.39, 0.29) is 24.7 Å². The number of methoxy groups -OCH3 is 1. The number of esters is 1. The molecule has 7 nitrogen and oxygen atoms in total. The molecular formula is C24H26N4O3S. The van der Waals surface area contributed by atoms with Crippen LogP contribution in [-0.2, 0) is 4.74 Å². The fraction of sp³-hybridized carbons (Fsp3) is 0.292. The highest BCUT2D eigenvalue weighted by Gasteiger charge is 2.41. The summed E-state index contributed by atoms with van der Waals surface area (Å²) < 4.78 is 6.96. The van der Waals surface area contributed by atoms with Crippen LogP contribution >= 0.6 is 12.2 Å². The largest absolute Gasteiger partial charge is 0.465 e. The molecule has 1 aliphatic rings. The molecule has 3 aromatic rings. The molecule has 1 aliphatic heterocycles. The number of nitrogens with one attached hydrogen (secondary N) is 1. The predicted octanol–water partition coefficient (Wildman–Crippen LogP) is 3.24. The number of β-amino-alcohol motifs (C(OH)–C–C–N with tert-alkyl or cyclic N) is 1. The first-order valence-corrected chi connectivity index (χ1v) is 10.8. The summed E-state index contributed by atoms with van der Waals surface area (Å²) in [6.45, 7) is 4.56. The van der Waals surface area contributed by atoms with Crippen molar-refractivity contribution in [3.8, 4) is 5.69 Å². The lowest BCUT2D eigenvalue weighted by Crippen LogP contribution is -2.32. The molecule has 0 unspecified atom stereocenters. The molecule has 1 fully saturated rings. The number of nitrogens with zero attached hydrogens (tertiary/aromatic N) is 3. The Kier molecular flexibility index (Phi) is 6.25. The van der Waals surface area contributed by atoms with Gasteiger partial charge in [0.2, 0.25) is 0 Å². The number of thiocarbonyl (C=S) groups is 1. The van der Waals surface area contributed by atoms with Gasteiger partial charge in [-0.2, -0.15) is 0 Å². The number of aliphatic hydroxyl groups excluding tert-OH is 1. The van der Waals surface area contributed by atoms with Gasteiger partial charge in [0.15, 0.2) is 5.11 Å². The van der Waals surface area contributed by atoms with Gasteiger partial charge in [0.25, 0.3) is 0 Å². The highest BCUT2D eigenvalue weighted by atomic mass is 32.1. The first kappa shape index (κ1) is 22.0. The van der Waals surface area contributed by atoms with Crippen molar-refractivity contribution in [1.82, 2.24) is 19.8 Å². The molecule has 0 saturated carbocycles. The number of carbonyl (C=O) groups is 1. The summed E-state index contributed by atoms with van der Waals surface area (Å²) in [6, 6.07) is 15.1. The number of aliphatic hydroxyl groups is 1. The molecule has 0 amide bonds. The van der Waals surface area contributed by atoms with Crippen molar-refractivity contribution in [1.29, 1.82) is 0 Å². The molecule has 0 radical (unpaired) electrons. The molecule has 2 aromatic heterocycles. The molecule has 32 heavy (non-hydrogen) atoms. The van der Waals surface area contributed by atoms with Crippen molar-refractivity contribution in [3.05, 3.63) is 82.9 Å². The van der Waals surface area contributed by atoms with E-state index in [9.17, 15) is 9.90 Å². The van der Waals surface area contributed by atoms with E-state index in [0.29, 0.717) is 17.2 Å². The van der Waals surface area contributed by atoms with E-state index in [1.54, 1.807) is 18.3 Å². The van der Waals surface area contributed by atoms with E-state index in [1.165, 1.54) is 7.11 Å². The molecule has 2 atom stereocenters. The molecule has 2 N–H and O–H groups in total. The summed E-state index contributed by atoms with van der Waals surface area (Å²) in [5.74, 6) is -0.360. The standard InChI is InChI=1S/C24H26N4O3S/c1-15-14-19(16(2)28(15)18-9-7-17(8-10-18)23(30)31-3)22-21(20-6-4-5-11-25-20)26-24(32)27(22)12-13-29/h4-11,14,21-22,29H,12-13H2,1-3H3,(H,26,32)/t21-,22+/m0/s1. The quantitative estimate of drug-likeness (QED) is 0.441. The summed E-state index contributed by atoms with van der Waals surface area (Å²) >= 11 is 5.61. The lowest BCUT2D eigenvalue weighted by atomic mass is 9.97. The predicted molar refractivity (Wildman–Crippen MR) is 126 cm³/mol. The van der Waals surface area contributed by atoms with Gasteiger partial charge in [-0.25, -0.2) is 4.79 Å². The zero-order valence-electron chi connectivity index (χ0n) is 18.3. The number of benzene rings is 1. The lowest BCUT2D eigenvalue weighted by molar-refractivity contribution is 0.0600. The number of hydrogen-bond acceptors (Lipinski definition) is 5. The number of aromatic nitrogens is 2. The van der Waals surface area contributed by atoms with Crippen LogP contribution in [-0.4, -0.2) is 50.9 Å². The number of carbonyl (C=O) groups excluding carboxylic acids is 1. The third kappa shape index (κ3) is 3.87. The van der Waals surface area contributed by atoms with Crippen LogP contribution < -0.4 is 5.32 Å². The van der Waals surface area contributed by atoms with Crippen LogP contribution in [0.4, 0.5) is 0 Å². The Balaban J connectivity index is 1.78. The summed E-state index contributed by atoms with van der Waals surface area (Å²) in [5, 5.41) is 13.7. The molecule has 0 spiro atoms. The van der Waals surface area contributed by atoms with Crippen LogP contribution in [0.25, 0.3) is 5.69 Å². The summed E-state index contributed by atoms with van der Waals surface area (Å²) in [4.78, 5) is 18.4. The van der Waals surface area contributed by atoms with Gasteiger partial charge in [0.05, 0.1) is 37.1 Å². The molecule has 1 aromatic carbocycles. The second-order valence-electron chi connectivity index (χ2n) is 7.74. The molecule has 1 saturated heterocycles. The van der Waals surface area contributed by atoms with Crippen molar-refractivity contribution in [2.24, 2.45) is 0 Å². The SMILES string of the molecule is COC(=O)c1ccc(-n2c(C)cc([C@@H]3[C@H](c4ccccn4)NC(=S)N3CCO)c2C)cc1. The zero-order chi connectivity index (χ0) is 22.8. The van der Waals surface area contributed by atoms with Crippen molar-refractivity contribution in [2.75, 3.05) is 20.3 Å². The highest BCUT2D eigenvalue weighted by Crippen LogP contribution is 2.41. The van der Waals surface area contributed by atoms with Crippen LogP contribution in [0.15, 0.2) is 54.7 Å². The Morgan fingerprint density at radius 2 is 1.97 bits per heavy atom. The zero-order valence-corrected chi connectivity index (χ0v) is 19.1. The van der Waals surface area contributed by atoms with Crippen molar-refractivity contribution in [2.45, 2.75) is 25.9 Å². The van der Waals surface area contributed by atoms with Crippen LogP contribution in [0, 0.1) is 13.8 Å². The highest BCUT2D eigenvalue weighted by molar-refractivity contribution is 7.80. The first-order chi connectivity index (χ1) is 15.5. The minimum atomic E-state index is -0.360. The Morgan fingerprint density at radius 3 is 2.59 bits per heavy atom. The van der Waals surface area contributed by atoms with Crippen LogP contribution in [0.5, 0.6) is 0 Å². The number of pyridine rings is 1. The smallest absolute Gasteiger partial charge is 0.337 e. The maximum atomic E-state index is 11.8. The van der Waals surface area contributed by atoms with Crippen molar-refractivity contribution >= 4 is 23.3 Å². The van der Waals surface area contributed by atoms with Gasteiger partial charge >= 0.3 is 5.97 Å². The van der Waals surface area contributed by atoms with Gasteiger partial charge in [-0.05, 0) is 74.1 Å². The topological polar surface area (TPSA) is 79.6 Å². The minimum absolute atomic E-state index is 0.000979. The lowest BCUT2D eigenvalue weighted by Gasteiger charge is -2.27. The van der Waals surface area contributed by atoms with Crippen LogP contribution in [0.1, 0.15) is 45.1 Å². The first-order valence-electron chi connectivity index (χ1n) is 10.4. The molecular weight excluding hydrogens is 424 g/mol. The second kappa shape index (κ2) is 9.10. The van der Waals surface area contributed by atoms with Crippen molar-refractivity contribution < 1.29 is 14.6 Å². The van der Waals surface area contributed by atoms with Crippen LogP contribution in [0.2, 0.25) is 0 Å². The molecule has 166 valence electrons. The van der Waals surface area contributed by atoms with E-state index in [2.05, 4.69) is 34.8 Å². The summed E-state index contributed by atoms with van der Waals surface area (Å²) in [6.07, 6.45) is 1.78. The Hall–Kier alpha value is -3.23. The van der Waals surface area contributed by atoms with E-state index < -0.39 is 0 Å². The van der Waals surface area contributed by atoms with Crippen molar-refractivity contribution in [3.63, 3.8) is 0 Å². The number of rotatable bonds is 6. The van der Waals surface area contributed by atoms with E-state index in [0.717, 1.165) is 28.3 Å². The number of ether oxygens (including phenoxy) is 1. The van der Waals surface area contributed by atoms with Crippen LogP contribution in [0.3, 0.4) is 0 Å². The maximum Gasteiger partial charge on any atom is 0.337 e. The number of aryl methyl sites for hydroxylation is 1. The monoisotopic (exact) mass is 450 g/mol. The van der Waals surface area contributed by atoms with Gasteiger partial charge in [0, 0.05) is 29.8 Å². The normalized spacial score (nSPS) is 18.0. The molecule has 4 rings (SSSR count). The minimum Gasteiger partial charge on any atom is -0.465 e. The average Bonchev–Trinajstić information content (AvgIpc) is 3.29. The Morgan fingerprint density at radius 1 is 1.22 bits per heavy atom. The van der Waals surface area contributed by atoms with E-state index in [4.69, 9.17) is 17.0 Å². The van der Waals surface area contributed by atoms with Gasteiger partial charge < -0.3 is 24.6 Å². The van der Waals surface area contributed by atoms with E-state index >= 15 is 0 Å². The maximum absolute atomic E-state index is 11.8. The molecule has 3 heterocycles. The Labute approximate surface area is 192 Å². The third-order valence-electron chi connectivity index (χ3n) is 5.87. The van der Waals surface area contributed by atoms with Gasteiger partial charge in [-0.1, -0.05) is 6.07 Å². The fourth-order valence-corrected chi connectivity index (χ4v) is 4.77. The summed E-state index contributed by atoms with van der Waals surface area (Å²) in [7, 11) is 1.37. The molecule has 8 heteroatoms. The fourth-order valence-electron chi connectivity index (χ4n) is 4.44. The molecule has 0 bridgehead atoms. The average molecular weight is 451 g/mol. The van der Waals surface area contributed by atoms with E-state index in [1.807, 2.05) is 35.2 Å².